The Morgan fingerprint density at radius 1 is 1.62 bits per heavy atom. The van der Waals surface area contributed by atoms with Gasteiger partial charge >= 0.3 is 12.1 Å². The number of nitrogens with one attached hydrogen (secondary N) is 1. The monoisotopic (exact) mass is 187 g/mol. The van der Waals surface area contributed by atoms with E-state index in [9.17, 15) is 9.59 Å². The summed E-state index contributed by atoms with van der Waals surface area (Å²) in [5.74, 6) is -0.205. The van der Waals surface area contributed by atoms with Crippen molar-refractivity contribution >= 4 is 12.1 Å². The van der Waals surface area contributed by atoms with Crippen molar-refractivity contribution < 1.29 is 19.1 Å². The first kappa shape index (κ1) is 9.83. The van der Waals surface area contributed by atoms with Crippen molar-refractivity contribution in [1.82, 2.24) is 5.32 Å². The summed E-state index contributed by atoms with van der Waals surface area (Å²) in [7, 11) is 1.25. The van der Waals surface area contributed by atoms with Crippen LogP contribution < -0.4 is 5.32 Å². The van der Waals surface area contributed by atoms with Crippen LogP contribution in [0.1, 0.15) is 13.8 Å². The lowest BCUT2D eigenvalue weighted by molar-refractivity contribution is -0.181. The van der Waals surface area contributed by atoms with Gasteiger partial charge in [-0.3, -0.25) is 0 Å². The normalized spacial score (nSPS) is 26.3. The smallest absolute Gasteiger partial charge is 0.407 e. The largest absolute Gasteiger partial charge is 0.458 e. The fourth-order valence-electron chi connectivity index (χ4n) is 1.19. The molecule has 0 aliphatic carbocycles. The fourth-order valence-corrected chi connectivity index (χ4v) is 1.19. The maximum absolute atomic E-state index is 10.9. The quantitative estimate of drug-likeness (QED) is 0.631. The van der Waals surface area contributed by atoms with Gasteiger partial charge in [0.15, 0.2) is 6.04 Å². The first-order valence-corrected chi connectivity index (χ1v) is 4.11. The fraction of sp³-hybridized carbons (Fsp3) is 0.750. The molecule has 0 bridgehead atoms. The summed E-state index contributed by atoms with van der Waals surface area (Å²) in [6.45, 7) is 3.84. The summed E-state index contributed by atoms with van der Waals surface area (Å²) in [6, 6.07) is -0.549. The van der Waals surface area contributed by atoms with Gasteiger partial charge in [0.2, 0.25) is 0 Å². The van der Waals surface area contributed by atoms with Gasteiger partial charge < -0.3 is 14.8 Å². The molecule has 5 nitrogen and oxygen atoms in total. The standard InChI is InChI=1S/C8H13NO4/c1-4(2)6-5(7(10)13-6)9-8(11)12-3/h4-6H,1-3H3,(H,9,11)/t5-,6-/m1/s1. The van der Waals surface area contributed by atoms with Crippen LogP contribution in [0, 0.1) is 5.92 Å². The number of carbonyl (C=O) groups excluding carboxylic acids is 2. The van der Waals surface area contributed by atoms with Crippen LogP contribution >= 0.6 is 0 Å². The topological polar surface area (TPSA) is 64.6 Å². The number of rotatable bonds is 2. The van der Waals surface area contributed by atoms with Crippen LogP contribution in [0.25, 0.3) is 0 Å². The Kier molecular flexibility index (Phi) is 2.75. The van der Waals surface area contributed by atoms with E-state index in [2.05, 4.69) is 10.1 Å². The highest BCUT2D eigenvalue weighted by Crippen LogP contribution is 2.22. The molecule has 1 rings (SSSR count). The highest BCUT2D eigenvalue weighted by molar-refractivity contribution is 5.86. The second kappa shape index (κ2) is 3.64. The molecule has 0 unspecified atom stereocenters. The minimum Gasteiger partial charge on any atom is -0.458 e. The van der Waals surface area contributed by atoms with Crippen LogP contribution in [0.2, 0.25) is 0 Å². The van der Waals surface area contributed by atoms with E-state index >= 15 is 0 Å². The predicted molar refractivity (Wildman–Crippen MR) is 44.0 cm³/mol. The number of alkyl carbamates (subject to hydrolysis) is 1. The molecule has 0 radical (unpaired) electrons. The van der Waals surface area contributed by atoms with Gasteiger partial charge in [-0.2, -0.15) is 0 Å². The van der Waals surface area contributed by atoms with Crippen molar-refractivity contribution in [2.24, 2.45) is 5.92 Å². The van der Waals surface area contributed by atoms with Crippen molar-refractivity contribution in [3.05, 3.63) is 0 Å². The Balaban J connectivity index is 2.47. The number of methoxy groups -OCH3 is 1. The van der Waals surface area contributed by atoms with Crippen molar-refractivity contribution in [1.29, 1.82) is 0 Å². The van der Waals surface area contributed by atoms with Crippen LogP contribution in [0.15, 0.2) is 0 Å². The van der Waals surface area contributed by atoms with E-state index in [-0.39, 0.29) is 12.0 Å². The minimum absolute atomic E-state index is 0.194. The van der Waals surface area contributed by atoms with Crippen molar-refractivity contribution in [3.8, 4) is 0 Å². The molecule has 0 saturated carbocycles. The molecule has 1 amide bonds. The van der Waals surface area contributed by atoms with Gasteiger partial charge in [-0.05, 0) is 5.92 Å². The Morgan fingerprint density at radius 3 is 2.62 bits per heavy atom. The van der Waals surface area contributed by atoms with E-state index in [1.165, 1.54) is 7.11 Å². The van der Waals surface area contributed by atoms with Crippen LogP contribution in [-0.4, -0.2) is 31.3 Å². The SMILES string of the molecule is COC(=O)N[C@H]1C(=O)O[C@@H]1C(C)C. The van der Waals surface area contributed by atoms with Crippen LogP contribution in [-0.2, 0) is 14.3 Å². The number of esters is 1. The lowest BCUT2D eigenvalue weighted by Gasteiger charge is -2.37. The summed E-state index contributed by atoms with van der Waals surface area (Å²) in [4.78, 5) is 21.7. The van der Waals surface area contributed by atoms with Crippen molar-refractivity contribution in [2.75, 3.05) is 7.11 Å². The molecule has 0 aromatic rings. The molecule has 1 N–H and O–H groups in total. The van der Waals surface area contributed by atoms with E-state index in [1.54, 1.807) is 0 Å². The zero-order chi connectivity index (χ0) is 10.0. The molecule has 1 aliphatic rings. The molecule has 1 fully saturated rings. The molecule has 1 heterocycles. The van der Waals surface area contributed by atoms with Gasteiger partial charge in [0.25, 0.3) is 0 Å². The van der Waals surface area contributed by atoms with E-state index in [1.807, 2.05) is 13.8 Å². The molecule has 0 aromatic carbocycles. The van der Waals surface area contributed by atoms with Gasteiger partial charge in [-0.15, -0.1) is 0 Å². The highest BCUT2D eigenvalue weighted by atomic mass is 16.6. The zero-order valence-corrected chi connectivity index (χ0v) is 7.87. The summed E-state index contributed by atoms with van der Waals surface area (Å²) in [5.41, 5.74) is 0. The van der Waals surface area contributed by atoms with E-state index < -0.39 is 18.1 Å². The number of carbonyl (C=O) groups is 2. The molecule has 5 heteroatoms. The lowest BCUT2D eigenvalue weighted by atomic mass is 9.95. The second-order valence-corrected chi connectivity index (χ2v) is 3.26. The lowest BCUT2D eigenvalue weighted by Crippen LogP contribution is -2.61. The molecular weight excluding hydrogens is 174 g/mol. The molecule has 0 aromatic heterocycles. The highest BCUT2D eigenvalue weighted by Gasteiger charge is 2.45. The Morgan fingerprint density at radius 2 is 2.23 bits per heavy atom. The summed E-state index contributed by atoms with van der Waals surface area (Å²) in [5, 5.41) is 2.41. The van der Waals surface area contributed by atoms with Gasteiger partial charge in [0.1, 0.15) is 6.10 Å². The Labute approximate surface area is 76.4 Å². The van der Waals surface area contributed by atoms with Gasteiger partial charge in [0.05, 0.1) is 7.11 Å². The van der Waals surface area contributed by atoms with Crippen LogP contribution in [0.4, 0.5) is 4.79 Å². The van der Waals surface area contributed by atoms with Crippen molar-refractivity contribution in [3.63, 3.8) is 0 Å². The number of cyclic esters (lactones) is 1. The van der Waals surface area contributed by atoms with Crippen molar-refractivity contribution in [2.45, 2.75) is 26.0 Å². The third kappa shape index (κ3) is 1.91. The first-order valence-electron chi connectivity index (χ1n) is 4.11. The first-order chi connectivity index (χ1) is 6.06. The maximum atomic E-state index is 10.9. The summed E-state index contributed by atoms with van der Waals surface area (Å²) < 4.78 is 9.22. The second-order valence-electron chi connectivity index (χ2n) is 3.26. The van der Waals surface area contributed by atoms with E-state index in [0.29, 0.717) is 0 Å². The van der Waals surface area contributed by atoms with Gasteiger partial charge in [-0.25, -0.2) is 9.59 Å². The molecule has 13 heavy (non-hydrogen) atoms. The molecule has 74 valence electrons. The number of hydrogen-bond donors (Lipinski definition) is 1. The van der Waals surface area contributed by atoms with E-state index in [0.717, 1.165) is 0 Å². The van der Waals surface area contributed by atoms with Gasteiger partial charge in [-0.1, -0.05) is 13.8 Å². The molecule has 2 atom stereocenters. The third-order valence-corrected chi connectivity index (χ3v) is 1.95. The number of hydrogen-bond acceptors (Lipinski definition) is 4. The van der Waals surface area contributed by atoms with Gasteiger partial charge in [0, 0.05) is 0 Å². The zero-order valence-electron chi connectivity index (χ0n) is 7.87. The maximum Gasteiger partial charge on any atom is 0.407 e. The van der Waals surface area contributed by atoms with Crippen LogP contribution in [0.3, 0.4) is 0 Å². The summed E-state index contributed by atoms with van der Waals surface area (Å²) in [6.07, 6.45) is -0.834. The molecule has 1 saturated heterocycles. The average Bonchev–Trinajstić information content (AvgIpc) is 2.09. The number of ether oxygens (including phenoxy) is 2. The number of amides is 1. The third-order valence-electron chi connectivity index (χ3n) is 1.95. The molecule has 0 spiro atoms. The molecular formula is C8H13NO4. The Hall–Kier alpha value is -1.26. The van der Waals surface area contributed by atoms with Crippen LogP contribution in [0.5, 0.6) is 0 Å². The Bertz CT molecular complexity index is 226. The average molecular weight is 187 g/mol. The molecule has 1 aliphatic heterocycles. The summed E-state index contributed by atoms with van der Waals surface area (Å²) >= 11 is 0. The minimum atomic E-state index is -0.604. The van der Waals surface area contributed by atoms with E-state index in [4.69, 9.17) is 4.74 Å². The predicted octanol–water partition coefficient (Wildman–Crippen LogP) is 0.292.